The van der Waals surface area contributed by atoms with E-state index in [0.717, 1.165) is 6.92 Å². The molecule has 0 unspecified atom stereocenters. The third-order valence-corrected chi connectivity index (χ3v) is 20.8. The van der Waals surface area contributed by atoms with Crippen LogP contribution in [0, 0.1) is 22.7 Å². The molecule has 4 fully saturated rings. The molecule has 1 aliphatic heterocycles. The Hall–Kier alpha value is -4.74. The number of nitrogens with one attached hydrogen (secondary N) is 1. The van der Waals surface area contributed by atoms with Gasteiger partial charge < -0.3 is 43.6 Å². The van der Waals surface area contributed by atoms with Gasteiger partial charge in [0.2, 0.25) is 0 Å². The minimum atomic E-state index is -2.62. The average molecular weight is 932 g/mol. The molecule has 4 aliphatic carbocycles. The molecule has 2 bridgehead atoms. The summed E-state index contributed by atoms with van der Waals surface area (Å²) in [5.74, 6) is -6.39. The molecule has 5 aliphatic rings. The Bertz CT molecular complexity index is 2270. The van der Waals surface area contributed by atoms with E-state index in [-0.39, 0.29) is 42.1 Å². The van der Waals surface area contributed by atoms with Crippen LogP contribution in [-0.2, 0) is 47.3 Å². The van der Waals surface area contributed by atoms with Crippen molar-refractivity contribution in [2.45, 2.75) is 160 Å². The van der Waals surface area contributed by atoms with E-state index in [4.69, 9.17) is 28.1 Å². The molecular formula is C50H65NO14Si. The second-order valence-corrected chi connectivity index (χ2v) is 24.6. The maximum Gasteiger partial charge on any atom is 0.338 e. The van der Waals surface area contributed by atoms with Crippen LogP contribution in [-0.4, -0.2) is 114 Å². The molecule has 16 heteroatoms. The van der Waals surface area contributed by atoms with Crippen molar-refractivity contribution in [3.8, 4) is 0 Å². The highest BCUT2D eigenvalue weighted by Gasteiger charge is 2.79. The van der Waals surface area contributed by atoms with Gasteiger partial charge in [0, 0.05) is 37.7 Å². The number of aliphatic hydroxyl groups excluding tert-OH is 1. The lowest BCUT2D eigenvalue weighted by Gasteiger charge is -2.68. The number of rotatable bonds is 14. The van der Waals surface area contributed by atoms with E-state index >= 15 is 4.79 Å². The van der Waals surface area contributed by atoms with Gasteiger partial charge in [-0.1, -0.05) is 77.9 Å². The largest absolute Gasteiger partial charge is 0.456 e. The molecule has 1 amide bonds. The number of ketones is 1. The minimum Gasteiger partial charge on any atom is -0.456 e. The van der Waals surface area contributed by atoms with Crippen LogP contribution in [0.5, 0.6) is 0 Å². The number of carbonyl (C=O) groups excluding carboxylic acids is 6. The zero-order valence-corrected chi connectivity index (χ0v) is 40.6. The predicted molar refractivity (Wildman–Crippen MR) is 241 cm³/mol. The van der Waals surface area contributed by atoms with Crippen LogP contribution in [0.3, 0.4) is 0 Å². The number of hydrogen-bond donors (Lipinski definition) is 3. The topological polar surface area (TPSA) is 210 Å². The number of ether oxygens (including phenoxy) is 5. The van der Waals surface area contributed by atoms with Crippen LogP contribution in [0.4, 0.5) is 0 Å². The molecule has 0 radical (unpaired) electrons. The van der Waals surface area contributed by atoms with Gasteiger partial charge in [-0.15, -0.1) is 0 Å². The monoisotopic (exact) mass is 931 g/mol. The molecule has 3 N–H and O–H groups in total. The summed E-state index contributed by atoms with van der Waals surface area (Å²) in [6.07, 6.45) is -8.69. The molecule has 15 nitrogen and oxygen atoms in total. The van der Waals surface area contributed by atoms with Crippen LogP contribution >= 0.6 is 0 Å². The lowest BCUT2D eigenvalue weighted by molar-refractivity contribution is -0.344. The number of benzene rings is 2. The fraction of sp³-hybridized carbons (Fsp3) is 0.600. The zero-order valence-electron chi connectivity index (χ0n) is 39.6. The summed E-state index contributed by atoms with van der Waals surface area (Å²) in [6.45, 7) is 16.6. The van der Waals surface area contributed by atoms with E-state index in [2.05, 4.69) is 5.32 Å². The third kappa shape index (κ3) is 7.83. The summed E-state index contributed by atoms with van der Waals surface area (Å²) in [4.78, 5) is 85.3. The van der Waals surface area contributed by atoms with E-state index in [0.29, 0.717) is 23.7 Å². The van der Waals surface area contributed by atoms with E-state index in [9.17, 15) is 34.2 Å². The summed E-state index contributed by atoms with van der Waals surface area (Å²) in [5.41, 5.74) is -7.98. The van der Waals surface area contributed by atoms with Crippen LogP contribution in [0.1, 0.15) is 109 Å². The highest BCUT2D eigenvalue weighted by Crippen LogP contribution is 2.65. The molecule has 3 saturated carbocycles. The normalized spacial score (nSPS) is 34.7. The van der Waals surface area contributed by atoms with E-state index in [1.807, 2.05) is 20.8 Å². The fourth-order valence-corrected chi connectivity index (χ4v) is 14.8. The zero-order chi connectivity index (χ0) is 48.4. The lowest BCUT2D eigenvalue weighted by Crippen LogP contribution is -2.82. The van der Waals surface area contributed by atoms with Crippen molar-refractivity contribution < 1.29 is 67.1 Å². The van der Waals surface area contributed by atoms with E-state index < -0.39 is 120 Å². The molecule has 358 valence electrons. The summed E-state index contributed by atoms with van der Waals surface area (Å²) in [5, 5.41) is 28.7. The first-order valence-electron chi connectivity index (χ1n) is 23.2. The Labute approximate surface area is 387 Å². The minimum absolute atomic E-state index is 0.0892. The van der Waals surface area contributed by atoms with Crippen LogP contribution in [0.15, 0.2) is 71.8 Å². The summed E-state index contributed by atoms with van der Waals surface area (Å²) >= 11 is 0. The smallest absolute Gasteiger partial charge is 0.338 e. The standard InChI is InChI=1S/C50H65NO14Si/c1-11-66(12-2,13-3)65-35-24-36-49(27-60-36,64-31(7)53)39-42(63-44(57)33-22-18-15-19-23-33)50(59)26-34(29(5)37(46(50,8)9)38(61-30(6)52)40(54)47(35,39)10)62-45(58)41(55)48(25-28(48)4)51-43(56)32-20-16-14-17-21-32/h14-23,28,34-36,38-39,41-42,55,59H,11-13,24-27H2,1-10H3,(H,51,56)/t28-,34-,35-,36+,38+,39-,41-,42-,47+,48-,49-,50+/m0/s1. The highest BCUT2D eigenvalue weighted by atomic mass is 28.4. The van der Waals surface area contributed by atoms with Crippen molar-refractivity contribution in [3.63, 3.8) is 0 Å². The van der Waals surface area contributed by atoms with Gasteiger partial charge in [0.05, 0.1) is 35.1 Å². The Kier molecular flexibility index (Phi) is 13.2. The van der Waals surface area contributed by atoms with Gasteiger partial charge in [0.25, 0.3) is 5.91 Å². The molecule has 1 saturated heterocycles. The van der Waals surface area contributed by atoms with Gasteiger partial charge in [-0.05, 0) is 79.7 Å². The van der Waals surface area contributed by atoms with Gasteiger partial charge in [0.15, 0.2) is 31.9 Å². The maximum absolute atomic E-state index is 16.3. The van der Waals surface area contributed by atoms with Crippen molar-refractivity contribution in [1.82, 2.24) is 5.32 Å². The fourth-order valence-electron chi connectivity index (χ4n) is 11.8. The van der Waals surface area contributed by atoms with Gasteiger partial charge >= 0.3 is 23.9 Å². The maximum atomic E-state index is 16.3. The molecule has 1 heterocycles. The molecule has 66 heavy (non-hydrogen) atoms. The highest BCUT2D eigenvalue weighted by molar-refractivity contribution is 6.73. The first kappa shape index (κ1) is 49.2. The second kappa shape index (κ2) is 17.7. The van der Waals surface area contributed by atoms with E-state index in [1.54, 1.807) is 95.3 Å². The van der Waals surface area contributed by atoms with Gasteiger partial charge in [-0.25, -0.2) is 9.59 Å². The molecule has 2 aromatic carbocycles. The number of Topliss-reactive ketones (excluding diaryl/α,β-unsaturated/α-hetero) is 1. The number of aliphatic hydroxyl groups is 2. The third-order valence-electron chi connectivity index (χ3n) is 16.2. The predicted octanol–water partition coefficient (Wildman–Crippen LogP) is 5.80. The summed E-state index contributed by atoms with van der Waals surface area (Å²) in [6, 6.07) is 18.6. The van der Waals surface area contributed by atoms with Crippen molar-refractivity contribution in [3.05, 3.63) is 82.9 Å². The average Bonchev–Trinajstić information content (AvgIpc) is 3.94. The second-order valence-electron chi connectivity index (χ2n) is 19.9. The Balaban J connectivity index is 1.43. The van der Waals surface area contributed by atoms with Crippen LogP contribution in [0.25, 0.3) is 0 Å². The molecule has 0 spiro atoms. The molecule has 12 atom stereocenters. The van der Waals surface area contributed by atoms with Crippen molar-refractivity contribution in [1.29, 1.82) is 0 Å². The number of carbonyl (C=O) groups is 6. The van der Waals surface area contributed by atoms with Crippen molar-refractivity contribution in [2.24, 2.45) is 22.7 Å². The number of amides is 1. The van der Waals surface area contributed by atoms with Crippen LogP contribution < -0.4 is 5.32 Å². The molecule has 7 rings (SSSR count). The number of hydrogen-bond acceptors (Lipinski definition) is 14. The number of fused-ring (bicyclic) bond motifs is 5. The molecular weight excluding hydrogens is 867 g/mol. The SMILES string of the molecule is CC[Si](CC)(CC)O[C@H]1C[C@H]2OC[C@@]2(OC(C)=O)[C@H]2[C@H](OC(=O)c3ccccc3)[C@]3(O)C[C@H](OC(=O)[C@H](O)[C@]4(NC(=O)c5ccccc5)C[C@@H]4C)C(C)=C([C@@H](OC(C)=O)C(=O)[C@]12C)C3(C)C. The Morgan fingerprint density at radius 1 is 0.864 bits per heavy atom. The van der Waals surface area contributed by atoms with Crippen LogP contribution in [0.2, 0.25) is 18.1 Å². The Morgan fingerprint density at radius 2 is 1.44 bits per heavy atom. The van der Waals surface area contributed by atoms with E-state index in [1.165, 1.54) is 6.92 Å². The molecule has 0 aromatic heterocycles. The van der Waals surface area contributed by atoms with Gasteiger partial charge in [-0.3, -0.25) is 19.2 Å². The molecule has 2 aromatic rings. The first-order valence-corrected chi connectivity index (χ1v) is 25.7. The number of esters is 4. The summed E-state index contributed by atoms with van der Waals surface area (Å²) in [7, 11) is -2.62. The van der Waals surface area contributed by atoms with Crippen molar-refractivity contribution in [2.75, 3.05) is 6.61 Å². The van der Waals surface area contributed by atoms with Crippen molar-refractivity contribution >= 4 is 43.9 Å². The quantitative estimate of drug-likeness (QED) is 0.0885. The lowest BCUT2D eigenvalue weighted by atomic mass is 9.44. The van der Waals surface area contributed by atoms with Gasteiger partial charge in [0.1, 0.15) is 23.9 Å². The Morgan fingerprint density at radius 3 is 1.94 bits per heavy atom. The first-order chi connectivity index (χ1) is 31.0. The van der Waals surface area contributed by atoms with Gasteiger partial charge in [-0.2, -0.15) is 0 Å². The summed E-state index contributed by atoms with van der Waals surface area (Å²) < 4.78 is 38.8.